The van der Waals surface area contributed by atoms with E-state index in [4.69, 9.17) is 14.0 Å². The summed E-state index contributed by atoms with van der Waals surface area (Å²) < 4.78 is 16.2. The maximum atomic E-state index is 12.6. The first-order valence-electron chi connectivity index (χ1n) is 9.69. The molecule has 1 aromatic heterocycles. The number of hydrogen-bond donors (Lipinski definition) is 0. The van der Waals surface area contributed by atoms with Crippen LogP contribution in [0.15, 0.2) is 40.9 Å². The van der Waals surface area contributed by atoms with Crippen molar-refractivity contribution >= 4 is 11.8 Å². The zero-order valence-electron chi connectivity index (χ0n) is 17.9. The Hall–Kier alpha value is -3.41. The summed E-state index contributed by atoms with van der Waals surface area (Å²) in [6, 6.07) is 10.6. The lowest BCUT2D eigenvalue weighted by Crippen LogP contribution is -2.16. The second-order valence-electron chi connectivity index (χ2n) is 7.34. The zero-order valence-corrected chi connectivity index (χ0v) is 17.9. The second-order valence-corrected chi connectivity index (χ2v) is 7.34. The Bertz CT molecular complexity index is 1080. The first kappa shape index (κ1) is 21.3. The van der Waals surface area contributed by atoms with Crippen molar-refractivity contribution in [3.05, 3.63) is 81.2 Å². The molecule has 0 saturated carbocycles. The van der Waals surface area contributed by atoms with Gasteiger partial charge < -0.3 is 14.0 Å². The third-order valence-corrected chi connectivity index (χ3v) is 5.14. The molecule has 3 rings (SSSR count). The van der Waals surface area contributed by atoms with Crippen molar-refractivity contribution < 1.29 is 23.6 Å². The van der Waals surface area contributed by atoms with Crippen molar-refractivity contribution in [2.75, 3.05) is 6.61 Å². The number of hydrogen-bond acceptors (Lipinski definition) is 6. The quantitative estimate of drug-likeness (QED) is 0.412. The summed E-state index contributed by atoms with van der Waals surface area (Å²) in [5.41, 5.74) is 5.39. The predicted molar refractivity (Wildman–Crippen MR) is 112 cm³/mol. The van der Waals surface area contributed by atoms with Crippen LogP contribution in [0.1, 0.15) is 54.4 Å². The number of Topliss-reactive ketones (excluding diaryl/α,β-unsaturated/α-hetero) is 1. The fourth-order valence-electron chi connectivity index (χ4n) is 3.17. The maximum absolute atomic E-state index is 12.6. The summed E-state index contributed by atoms with van der Waals surface area (Å²) in [7, 11) is 0. The molecular formula is C24H25NO5. The molecule has 0 aliphatic rings. The van der Waals surface area contributed by atoms with Crippen LogP contribution in [-0.4, -0.2) is 23.5 Å². The van der Waals surface area contributed by atoms with E-state index in [9.17, 15) is 9.59 Å². The molecule has 0 spiro atoms. The first-order valence-corrected chi connectivity index (χ1v) is 9.69. The Morgan fingerprint density at radius 2 is 1.63 bits per heavy atom. The largest absolute Gasteiger partial charge is 0.488 e. The molecule has 0 bridgehead atoms. The molecule has 0 fully saturated rings. The highest BCUT2D eigenvalue weighted by molar-refractivity contribution is 6.01. The number of para-hydroxylation sites is 1. The van der Waals surface area contributed by atoms with Crippen molar-refractivity contribution in [2.45, 2.75) is 41.2 Å². The number of aryl methyl sites for hydroxylation is 5. The highest BCUT2D eigenvalue weighted by Crippen LogP contribution is 2.23. The van der Waals surface area contributed by atoms with E-state index in [-0.39, 0.29) is 24.6 Å². The van der Waals surface area contributed by atoms with Crippen LogP contribution in [-0.2, 0) is 11.3 Å². The lowest BCUT2D eigenvalue weighted by Gasteiger charge is -2.12. The molecule has 6 nitrogen and oxygen atoms in total. The number of rotatable bonds is 7. The lowest BCUT2D eigenvalue weighted by molar-refractivity contribution is 0.0470. The summed E-state index contributed by atoms with van der Waals surface area (Å²) in [5.74, 6) is 0.191. The van der Waals surface area contributed by atoms with Crippen LogP contribution in [0, 0.1) is 34.6 Å². The number of ether oxygens (including phenoxy) is 2. The normalized spacial score (nSPS) is 10.7. The van der Waals surface area contributed by atoms with E-state index in [2.05, 4.69) is 5.16 Å². The van der Waals surface area contributed by atoms with Crippen molar-refractivity contribution in [2.24, 2.45) is 0 Å². The highest BCUT2D eigenvalue weighted by atomic mass is 16.5. The fraction of sp³-hybridized carbons (Fsp3) is 0.292. The van der Waals surface area contributed by atoms with Gasteiger partial charge in [-0.25, -0.2) is 4.79 Å². The van der Waals surface area contributed by atoms with Crippen LogP contribution >= 0.6 is 0 Å². The van der Waals surface area contributed by atoms with Crippen LogP contribution in [0.5, 0.6) is 5.75 Å². The minimum atomic E-state index is -0.612. The molecule has 0 amide bonds. The molecule has 0 unspecified atom stereocenters. The minimum Gasteiger partial charge on any atom is -0.488 e. The molecule has 0 aliphatic carbocycles. The van der Waals surface area contributed by atoms with Gasteiger partial charge in [0.15, 0.2) is 6.61 Å². The van der Waals surface area contributed by atoms with Crippen molar-refractivity contribution in [1.29, 1.82) is 0 Å². The van der Waals surface area contributed by atoms with Gasteiger partial charge in [0.2, 0.25) is 5.78 Å². The Morgan fingerprint density at radius 1 is 0.933 bits per heavy atom. The number of benzene rings is 2. The Balaban J connectivity index is 1.69. The van der Waals surface area contributed by atoms with Gasteiger partial charge >= 0.3 is 5.97 Å². The zero-order chi connectivity index (χ0) is 21.8. The highest BCUT2D eigenvalue weighted by Gasteiger charge is 2.18. The van der Waals surface area contributed by atoms with Crippen molar-refractivity contribution in [1.82, 2.24) is 5.16 Å². The van der Waals surface area contributed by atoms with Gasteiger partial charge in [-0.15, -0.1) is 0 Å². The summed E-state index contributed by atoms with van der Waals surface area (Å²) in [6.07, 6.45) is 0. The van der Waals surface area contributed by atoms with Crippen LogP contribution in [0.2, 0.25) is 0 Å². The average molecular weight is 407 g/mol. The molecule has 2 aromatic carbocycles. The fourth-order valence-corrected chi connectivity index (χ4v) is 3.17. The topological polar surface area (TPSA) is 78.6 Å². The molecule has 0 aliphatic heterocycles. The number of nitrogens with zero attached hydrogens (tertiary/aromatic N) is 1. The maximum Gasteiger partial charge on any atom is 0.342 e. The Kier molecular flexibility index (Phi) is 6.35. The van der Waals surface area contributed by atoms with Crippen molar-refractivity contribution in [3.63, 3.8) is 0 Å². The van der Waals surface area contributed by atoms with Gasteiger partial charge in [0, 0.05) is 5.56 Å². The minimum absolute atomic E-state index is 0.215. The van der Waals surface area contributed by atoms with Crippen LogP contribution in [0.3, 0.4) is 0 Å². The molecule has 0 radical (unpaired) electrons. The SMILES string of the molecule is Cc1cc(C)c(C(=O)COC(=O)c2ccccc2OCc2c(C)noc2C)cc1C. The molecule has 3 aromatic rings. The smallest absolute Gasteiger partial charge is 0.342 e. The summed E-state index contributed by atoms with van der Waals surface area (Å²) in [6.45, 7) is 9.33. The number of ketones is 1. The number of aromatic nitrogens is 1. The van der Waals surface area contributed by atoms with Gasteiger partial charge in [-0.1, -0.05) is 23.4 Å². The summed E-state index contributed by atoms with van der Waals surface area (Å²) in [5, 5.41) is 3.90. The molecule has 6 heteroatoms. The molecule has 156 valence electrons. The van der Waals surface area contributed by atoms with Gasteiger partial charge in [-0.05, 0) is 69.5 Å². The van der Waals surface area contributed by atoms with E-state index in [1.165, 1.54) is 0 Å². The van der Waals surface area contributed by atoms with Crippen molar-refractivity contribution in [3.8, 4) is 5.75 Å². The van der Waals surface area contributed by atoms with E-state index in [0.717, 1.165) is 27.9 Å². The van der Waals surface area contributed by atoms with Gasteiger partial charge in [-0.2, -0.15) is 0 Å². The molecule has 30 heavy (non-hydrogen) atoms. The van der Waals surface area contributed by atoms with E-state index in [0.29, 0.717) is 17.1 Å². The molecule has 0 saturated heterocycles. The Morgan fingerprint density at radius 3 is 2.33 bits per heavy atom. The third kappa shape index (κ3) is 4.59. The standard InChI is InChI=1S/C24H25NO5/c1-14-10-16(3)20(11-15(14)2)22(26)13-29-24(27)19-8-6-7-9-23(19)28-12-21-17(4)25-30-18(21)5/h6-11H,12-13H2,1-5H3. The Labute approximate surface area is 175 Å². The number of carbonyl (C=O) groups excluding carboxylic acids is 2. The first-order chi connectivity index (χ1) is 14.3. The lowest BCUT2D eigenvalue weighted by atomic mass is 9.98. The van der Waals surface area contributed by atoms with E-state index in [1.807, 2.05) is 39.8 Å². The number of carbonyl (C=O) groups is 2. The molecular weight excluding hydrogens is 382 g/mol. The van der Waals surface area contributed by atoms with E-state index < -0.39 is 5.97 Å². The summed E-state index contributed by atoms with van der Waals surface area (Å²) >= 11 is 0. The molecule has 1 heterocycles. The monoisotopic (exact) mass is 407 g/mol. The van der Waals surface area contributed by atoms with E-state index >= 15 is 0 Å². The summed E-state index contributed by atoms with van der Waals surface area (Å²) in [4.78, 5) is 25.2. The average Bonchev–Trinajstić information content (AvgIpc) is 3.04. The predicted octanol–water partition coefficient (Wildman–Crippen LogP) is 4.84. The van der Waals surface area contributed by atoms with Gasteiger partial charge in [0.1, 0.15) is 23.7 Å². The second kappa shape index (κ2) is 8.95. The number of esters is 1. The van der Waals surface area contributed by atoms with Crippen LogP contribution < -0.4 is 4.74 Å². The van der Waals surface area contributed by atoms with Crippen LogP contribution in [0.25, 0.3) is 0 Å². The van der Waals surface area contributed by atoms with Gasteiger partial charge in [-0.3, -0.25) is 4.79 Å². The van der Waals surface area contributed by atoms with Crippen LogP contribution in [0.4, 0.5) is 0 Å². The molecule has 0 N–H and O–H groups in total. The molecule has 0 atom stereocenters. The third-order valence-electron chi connectivity index (χ3n) is 5.14. The van der Waals surface area contributed by atoms with Gasteiger partial charge in [0.25, 0.3) is 0 Å². The van der Waals surface area contributed by atoms with E-state index in [1.54, 1.807) is 31.2 Å². The van der Waals surface area contributed by atoms with Gasteiger partial charge in [0.05, 0.1) is 11.3 Å².